The van der Waals surface area contributed by atoms with E-state index in [-0.39, 0.29) is 11.9 Å². The van der Waals surface area contributed by atoms with E-state index in [1.807, 2.05) is 19.9 Å². The van der Waals surface area contributed by atoms with Crippen LogP contribution in [-0.2, 0) is 4.74 Å². The third kappa shape index (κ3) is 4.48. The highest BCUT2D eigenvalue weighted by atomic mass is 16.5. The molecule has 0 saturated heterocycles. The van der Waals surface area contributed by atoms with Gasteiger partial charge in [0.1, 0.15) is 5.56 Å². The summed E-state index contributed by atoms with van der Waals surface area (Å²) in [5.74, 6) is -0.578. The number of esters is 1. The average Bonchev–Trinajstić information content (AvgIpc) is 3.15. The Morgan fingerprint density at radius 1 is 1.19 bits per heavy atom. The number of rotatable bonds is 6. The molecule has 3 aromatic rings. The highest BCUT2D eigenvalue weighted by Crippen LogP contribution is 2.23. The van der Waals surface area contributed by atoms with Crippen LogP contribution < -0.4 is 4.90 Å². The minimum atomic E-state index is -0.412. The molecule has 31 heavy (non-hydrogen) atoms. The molecule has 1 amide bonds. The van der Waals surface area contributed by atoms with E-state index in [4.69, 9.17) is 4.74 Å². The van der Waals surface area contributed by atoms with Crippen molar-refractivity contribution in [3.05, 3.63) is 77.1 Å². The third-order valence-corrected chi connectivity index (χ3v) is 4.85. The molecule has 158 valence electrons. The van der Waals surface area contributed by atoms with E-state index < -0.39 is 5.97 Å². The largest absolute Gasteiger partial charge is 0.462 e. The maximum absolute atomic E-state index is 13.2. The van der Waals surface area contributed by atoms with Gasteiger partial charge in [-0.15, -0.1) is 0 Å². The highest BCUT2D eigenvalue weighted by Gasteiger charge is 2.22. The van der Waals surface area contributed by atoms with Gasteiger partial charge in [0.25, 0.3) is 5.91 Å². The smallest absolute Gasteiger partial charge is 0.341 e. The van der Waals surface area contributed by atoms with Gasteiger partial charge >= 0.3 is 5.97 Å². The lowest BCUT2D eigenvalue weighted by Crippen LogP contribution is -2.37. The molecule has 7 heteroatoms. The van der Waals surface area contributed by atoms with E-state index in [0.717, 1.165) is 5.69 Å². The minimum absolute atomic E-state index is 0.0957. The number of ether oxygens (including phenoxy) is 1. The van der Waals surface area contributed by atoms with Gasteiger partial charge in [-0.3, -0.25) is 4.79 Å². The maximum Gasteiger partial charge on any atom is 0.341 e. The lowest BCUT2D eigenvalue weighted by molar-refractivity contribution is 0.0525. The topological polar surface area (TPSA) is 88.2 Å². The van der Waals surface area contributed by atoms with E-state index in [0.29, 0.717) is 34.7 Å². The van der Waals surface area contributed by atoms with Crippen LogP contribution in [0.1, 0.15) is 52.7 Å². The van der Waals surface area contributed by atoms with E-state index in [2.05, 4.69) is 11.2 Å². The van der Waals surface area contributed by atoms with Gasteiger partial charge in [0.05, 0.1) is 35.8 Å². The Kier molecular flexibility index (Phi) is 6.51. The molecule has 1 heterocycles. The van der Waals surface area contributed by atoms with Crippen molar-refractivity contribution in [3.8, 4) is 11.8 Å². The molecule has 0 atom stereocenters. The second-order valence-electron chi connectivity index (χ2n) is 7.25. The summed E-state index contributed by atoms with van der Waals surface area (Å²) in [5, 5.41) is 13.5. The molecule has 0 saturated carbocycles. The normalized spacial score (nSPS) is 10.6. The van der Waals surface area contributed by atoms with Crippen molar-refractivity contribution >= 4 is 17.6 Å². The summed E-state index contributed by atoms with van der Waals surface area (Å²) in [6, 6.07) is 16.0. The first-order chi connectivity index (χ1) is 14.9. The Morgan fingerprint density at radius 3 is 2.52 bits per heavy atom. The minimum Gasteiger partial charge on any atom is -0.462 e. The molecule has 3 rings (SSSR count). The monoisotopic (exact) mass is 416 g/mol. The van der Waals surface area contributed by atoms with Crippen LogP contribution in [0.25, 0.3) is 5.69 Å². The zero-order chi connectivity index (χ0) is 22.5. The zero-order valence-electron chi connectivity index (χ0n) is 18.0. The van der Waals surface area contributed by atoms with Crippen molar-refractivity contribution in [2.24, 2.45) is 0 Å². The molecule has 0 aliphatic rings. The summed E-state index contributed by atoms with van der Waals surface area (Å²) in [6.07, 6.45) is 1.48. The fourth-order valence-corrected chi connectivity index (χ4v) is 3.34. The van der Waals surface area contributed by atoms with Gasteiger partial charge in [0.2, 0.25) is 0 Å². The molecule has 0 aliphatic carbocycles. The number of benzene rings is 2. The van der Waals surface area contributed by atoms with Crippen LogP contribution >= 0.6 is 0 Å². The van der Waals surface area contributed by atoms with Crippen molar-refractivity contribution < 1.29 is 14.3 Å². The van der Waals surface area contributed by atoms with Crippen molar-refractivity contribution in [1.29, 1.82) is 5.26 Å². The SMILES string of the molecule is CCOC(=O)c1cnn(-c2ccc(C(=O)N(c3cccc(C#N)c3)C(C)C)cc2)c1C. The summed E-state index contributed by atoms with van der Waals surface area (Å²) < 4.78 is 6.69. The van der Waals surface area contributed by atoms with E-state index in [9.17, 15) is 14.9 Å². The van der Waals surface area contributed by atoms with Gasteiger partial charge in [0.15, 0.2) is 0 Å². The Balaban J connectivity index is 1.89. The second kappa shape index (κ2) is 9.26. The van der Waals surface area contributed by atoms with Crippen LogP contribution in [0.3, 0.4) is 0 Å². The first-order valence-corrected chi connectivity index (χ1v) is 10.0. The zero-order valence-corrected chi connectivity index (χ0v) is 18.0. The summed E-state index contributed by atoms with van der Waals surface area (Å²) in [5.41, 5.74) is 3.48. The van der Waals surface area contributed by atoms with E-state index in [1.165, 1.54) is 6.20 Å². The van der Waals surface area contributed by atoms with Crippen LogP contribution in [0.15, 0.2) is 54.7 Å². The summed E-state index contributed by atoms with van der Waals surface area (Å²) in [6.45, 7) is 7.69. The molecule has 0 radical (unpaired) electrons. The van der Waals surface area contributed by atoms with Gasteiger partial charge < -0.3 is 9.64 Å². The fraction of sp³-hybridized carbons (Fsp3) is 0.250. The number of hydrogen-bond acceptors (Lipinski definition) is 5. The van der Waals surface area contributed by atoms with Gasteiger partial charge in [0, 0.05) is 17.3 Å². The molecule has 0 N–H and O–H groups in total. The lowest BCUT2D eigenvalue weighted by Gasteiger charge is -2.27. The molecule has 2 aromatic carbocycles. The van der Waals surface area contributed by atoms with Gasteiger partial charge in [-0.05, 0) is 70.2 Å². The Bertz CT molecular complexity index is 1140. The molecule has 7 nitrogen and oxygen atoms in total. The quantitative estimate of drug-likeness (QED) is 0.560. The molecule has 1 aromatic heterocycles. The van der Waals surface area contributed by atoms with Crippen molar-refractivity contribution in [3.63, 3.8) is 0 Å². The lowest BCUT2D eigenvalue weighted by atomic mass is 10.1. The van der Waals surface area contributed by atoms with E-state index >= 15 is 0 Å². The Hall–Kier alpha value is -3.92. The van der Waals surface area contributed by atoms with Gasteiger partial charge in [-0.2, -0.15) is 10.4 Å². The van der Waals surface area contributed by atoms with E-state index in [1.54, 1.807) is 65.9 Å². The average molecular weight is 416 g/mol. The first kappa shape index (κ1) is 21.8. The van der Waals surface area contributed by atoms with Gasteiger partial charge in [-0.25, -0.2) is 9.48 Å². The fourth-order valence-electron chi connectivity index (χ4n) is 3.34. The molecule has 0 unspecified atom stereocenters. The predicted molar refractivity (Wildman–Crippen MR) is 117 cm³/mol. The predicted octanol–water partition coefficient (Wildman–Crippen LogP) is 4.28. The number of carbonyl (C=O) groups excluding carboxylic acids is 2. The summed E-state index contributed by atoms with van der Waals surface area (Å²) >= 11 is 0. The number of hydrogen-bond donors (Lipinski definition) is 0. The van der Waals surface area contributed by atoms with Crippen molar-refractivity contribution in [1.82, 2.24) is 9.78 Å². The number of aromatic nitrogens is 2. The second-order valence-corrected chi connectivity index (χ2v) is 7.25. The molecular formula is C24H24N4O3. The number of nitrogens with zero attached hydrogens (tertiary/aromatic N) is 4. The molecule has 0 aliphatic heterocycles. The number of nitriles is 1. The standard InChI is InChI=1S/C24H24N4O3/c1-5-31-24(30)22-15-26-28(17(22)4)20-11-9-19(10-12-20)23(29)27(16(2)3)21-8-6-7-18(13-21)14-25/h6-13,15-16H,5H2,1-4H3. The molecular weight excluding hydrogens is 392 g/mol. The molecule has 0 bridgehead atoms. The van der Waals surface area contributed by atoms with Gasteiger partial charge in [-0.1, -0.05) is 6.07 Å². The number of anilines is 1. The Morgan fingerprint density at radius 2 is 1.90 bits per heavy atom. The van der Waals surface area contributed by atoms with Crippen LogP contribution in [0.4, 0.5) is 5.69 Å². The summed E-state index contributed by atoms with van der Waals surface area (Å²) in [7, 11) is 0. The van der Waals surface area contributed by atoms with Crippen LogP contribution in [0, 0.1) is 18.3 Å². The van der Waals surface area contributed by atoms with Crippen LogP contribution in [-0.4, -0.2) is 34.3 Å². The number of carbonyl (C=O) groups is 2. The van der Waals surface area contributed by atoms with Crippen molar-refractivity contribution in [2.75, 3.05) is 11.5 Å². The first-order valence-electron chi connectivity index (χ1n) is 10.0. The number of amides is 1. The van der Waals surface area contributed by atoms with Crippen LogP contribution in [0.5, 0.6) is 0 Å². The van der Waals surface area contributed by atoms with Crippen LogP contribution in [0.2, 0.25) is 0 Å². The molecule has 0 fully saturated rings. The third-order valence-electron chi connectivity index (χ3n) is 4.85. The molecule has 0 spiro atoms. The van der Waals surface area contributed by atoms with Crippen molar-refractivity contribution in [2.45, 2.75) is 33.7 Å². The maximum atomic E-state index is 13.2. The summed E-state index contributed by atoms with van der Waals surface area (Å²) in [4.78, 5) is 26.9. The highest BCUT2D eigenvalue weighted by molar-refractivity contribution is 6.06. The Labute approximate surface area is 181 Å².